The van der Waals surface area contributed by atoms with E-state index >= 15 is 0 Å². The van der Waals surface area contributed by atoms with E-state index in [0.717, 1.165) is 18.8 Å². The van der Waals surface area contributed by atoms with E-state index < -0.39 is 0 Å². The minimum atomic E-state index is 0.420. The summed E-state index contributed by atoms with van der Waals surface area (Å²) < 4.78 is 5.67. The fraction of sp³-hybridized carbons (Fsp3) is 0.625. The Hall–Kier alpha value is -1.06. The van der Waals surface area contributed by atoms with Gasteiger partial charge in [0.1, 0.15) is 5.75 Å². The van der Waals surface area contributed by atoms with Crippen LogP contribution in [-0.4, -0.2) is 39.2 Å². The molecule has 3 heteroatoms. The van der Waals surface area contributed by atoms with Gasteiger partial charge < -0.3 is 15.0 Å². The van der Waals surface area contributed by atoms with Gasteiger partial charge in [-0.25, -0.2) is 0 Å². The average Bonchev–Trinajstić information content (AvgIpc) is 2.81. The normalized spacial score (nSPS) is 20.8. The zero-order valence-electron chi connectivity index (χ0n) is 12.8. The van der Waals surface area contributed by atoms with E-state index in [4.69, 9.17) is 4.74 Å². The van der Waals surface area contributed by atoms with Crippen LogP contribution in [0.15, 0.2) is 12.1 Å². The van der Waals surface area contributed by atoms with E-state index in [2.05, 4.69) is 50.3 Å². The van der Waals surface area contributed by atoms with Crippen LogP contribution < -0.4 is 10.1 Å². The van der Waals surface area contributed by atoms with Crippen molar-refractivity contribution in [3.05, 3.63) is 28.8 Å². The van der Waals surface area contributed by atoms with Gasteiger partial charge in [0.2, 0.25) is 0 Å². The van der Waals surface area contributed by atoms with E-state index in [1.165, 1.54) is 23.1 Å². The Morgan fingerprint density at radius 3 is 2.58 bits per heavy atom. The Labute approximate surface area is 116 Å². The molecule has 0 saturated carbocycles. The van der Waals surface area contributed by atoms with Crippen LogP contribution in [0.5, 0.6) is 5.75 Å². The maximum atomic E-state index is 5.67. The molecule has 1 aromatic rings. The van der Waals surface area contributed by atoms with Crippen molar-refractivity contribution in [2.45, 2.75) is 26.3 Å². The first-order valence-corrected chi connectivity index (χ1v) is 7.07. The van der Waals surface area contributed by atoms with Gasteiger partial charge in [0, 0.05) is 11.6 Å². The molecule has 2 rings (SSSR count). The lowest BCUT2D eigenvalue weighted by molar-refractivity contribution is 0.217. The molecule has 1 N–H and O–H groups in total. The van der Waals surface area contributed by atoms with E-state index in [1.807, 2.05) is 0 Å². The summed E-state index contributed by atoms with van der Waals surface area (Å²) in [6, 6.07) is 4.90. The number of ether oxygens (including phenoxy) is 1. The van der Waals surface area contributed by atoms with E-state index in [1.54, 1.807) is 7.11 Å². The Morgan fingerprint density at radius 1 is 1.32 bits per heavy atom. The molecule has 0 spiro atoms. The first-order chi connectivity index (χ1) is 9.04. The maximum Gasteiger partial charge on any atom is 0.126 e. The van der Waals surface area contributed by atoms with E-state index in [0.29, 0.717) is 12.0 Å². The Balaban J connectivity index is 2.46. The molecule has 1 aromatic carbocycles. The summed E-state index contributed by atoms with van der Waals surface area (Å²) in [7, 11) is 6.11. The number of hydrogen-bond acceptors (Lipinski definition) is 3. The number of methoxy groups -OCH3 is 1. The third kappa shape index (κ3) is 2.93. The van der Waals surface area contributed by atoms with Crippen molar-refractivity contribution < 1.29 is 4.74 Å². The van der Waals surface area contributed by atoms with Crippen molar-refractivity contribution in [2.75, 3.05) is 34.3 Å². The van der Waals surface area contributed by atoms with Gasteiger partial charge in [0.25, 0.3) is 0 Å². The fourth-order valence-electron chi connectivity index (χ4n) is 3.39. The van der Waals surface area contributed by atoms with Gasteiger partial charge in [-0.3, -0.25) is 0 Å². The van der Waals surface area contributed by atoms with Crippen molar-refractivity contribution in [2.24, 2.45) is 5.92 Å². The molecule has 1 aliphatic heterocycles. The van der Waals surface area contributed by atoms with E-state index in [-0.39, 0.29) is 0 Å². The van der Waals surface area contributed by atoms with Gasteiger partial charge in [-0.15, -0.1) is 0 Å². The summed E-state index contributed by atoms with van der Waals surface area (Å²) in [6.07, 6.45) is 1.24. The Kier molecular flexibility index (Phi) is 4.48. The maximum absolute atomic E-state index is 5.67. The summed E-state index contributed by atoms with van der Waals surface area (Å²) in [5.74, 6) is 1.71. The standard InChI is InChI=1S/C16H26N2O/c1-11-8-12(2)16(19-5)14(9-11)15(18(3)4)13-6-7-17-10-13/h8-9,13,15,17H,6-7,10H2,1-5H3. The predicted molar refractivity (Wildman–Crippen MR) is 79.9 cm³/mol. The second kappa shape index (κ2) is 5.93. The SMILES string of the molecule is COc1c(C)cc(C)cc1C(C1CCNC1)N(C)C. The van der Waals surface area contributed by atoms with Crippen LogP contribution in [0.2, 0.25) is 0 Å². The molecule has 0 amide bonds. The highest BCUT2D eigenvalue weighted by Crippen LogP contribution is 2.38. The van der Waals surface area contributed by atoms with Crippen LogP contribution in [0.4, 0.5) is 0 Å². The summed E-state index contributed by atoms with van der Waals surface area (Å²) in [5.41, 5.74) is 3.88. The zero-order valence-corrected chi connectivity index (χ0v) is 12.8. The van der Waals surface area contributed by atoms with E-state index in [9.17, 15) is 0 Å². The topological polar surface area (TPSA) is 24.5 Å². The zero-order chi connectivity index (χ0) is 14.0. The minimum Gasteiger partial charge on any atom is -0.496 e. The van der Waals surface area contributed by atoms with Crippen LogP contribution in [-0.2, 0) is 0 Å². The number of aryl methyl sites for hydroxylation is 2. The molecule has 0 aromatic heterocycles. The smallest absolute Gasteiger partial charge is 0.126 e. The number of benzene rings is 1. The fourth-order valence-corrected chi connectivity index (χ4v) is 3.39. The largest absolute Gasteiger partial charge is 0.496 e. The van der Waals surface area contributed by atoms with Gasteiger partial charge >= 0.3 is 0 Å². The van der Waals surface area contributed by atoms with Crippen LogP contribution in [0.25, 0.3) is 0 Å². The molecule has 2 atom stereocenters. The minimum absolute atomic E-state index is 0.420. The lowest BCUT2D eigenvalue weighted by Crippen LogP contribution is -2.29. The summed E-state index contributed by atoms with van der Waals surface area (Å²) >= 11 is 0. The van der Waals surface area contributed by atoms with Gasteiger partial charge in [-0.1, -0.05) is 17.7 Å². The first kappa shape index (κ1) is 14.4. The molecular weight excluding hydrogens is 236 g/mol. The number of nitrogens with zero attached hydrogens (tertiary/aromatic N) is 1. The molecule has 2 unspecified atom stereocenters. The second-order valence-electron chi connectivity index (χ2n) is 5.87. The molecule has 3 nitrogen and oxygen atoms in total. The highest BCUT2D eigenvalue weighted by molar-refractivity contribution is 5.46. The lowest BCUT2D eigenvalue weighted by Gasteiger charge is -2.32. The van der Waals surface area contributed by atoms with Crippen molar-refractivity contribution in [3.8, 4) is 5.75 Å². The summed E-state index contributed by atoms with van der Waals surface area (Å²) in [5, 5.41) is 3.48. The van der Waals surface area contributed by atoms with Crippen molar-refractivity contribution in [1.82, 2.24) is 10.2 Å². The second-order valence-corrected chi connectivity index (χ2v) is 5.87. The molecule has 1 heterocycles. The third-order valence-corrected chi connectivity index (χ3v) is 4.07. The molecule has 1 saturated heterocycles. The van der Waals surface area contributed by atoms with Crippen LogP contribution >= 0.6 is 0 Å². The monoisotopic (exact) mass is 262 g/mol. The van der Waals surface area contributed by atoms with Crippen LogP contribution in [0.1, 0.15) is 29.2 Å². The molecule has 19 heavy (non-hydrogen) atoms. The Bertz CT molecular complexity index is 437. The van der Waals surface area contributed by atoms with Crippen molar-refractivity contribution in [1.29, 1.82) is 0 Å². The highest BCUT2D eigenvalue weighted by atomic mass is 16.5. The lowest BCUT2D eigenvalue weighted by atomic mass is 9.88. The molecule has 106 valence electrons. The molecule has 0 radical (unpaired) electrons. The van der Waals surface area contributed by atoms with Crippen molar-refractivity contribution >= 4 is 0 Å². The first-order valence-electron chi connectivity index (χ1n) is 7.07. The number of hydrogen-bond donors (Lipinski definition) is 1. The summed E-state index contributed by atoms with van der Waals surface area (Å²) in [6.45, 7) is 6.52. The van der Waals surface area contributed by atoms with Gasteiger partial charge in [0.05, 0.1) is 7.11 Å². The van der Waals surface area contributed by atoms with Crippen molar-refractivity contribution in [3.63, 3.8) is 0 Å². The molecule has 1 fully saturated rings. The molecule has 0 aliphatic carbocycles. The Morgan fingerprint density at radius 2 is 2.05 bits per heavy atom. The van der Waals surface area contributed by atoms with Crippen LogP contribution in [0.3, 0.4) is 0 Å². The highest BCUT2D eigenvalue weighted by Gasteiger charge is 2.30. The van der Waals surface area contributed by atoms with Crippen LogP contribution in [0, 0.1) is 19.8 Å². The molecule has 0 bridgehead atoms. The summed E-state index contributed by atoms with van der Waals surface area (Å²) in [4.78, 5) is 2.33. The molecular formula is C16H26N2O. The number of nitrogens with one attached hydrogen (secondary N) is 1. The third-order valence-electron chi connectivity index (χ3n) is 4.07. The average molecular weight is 262 g/mol. The van der Waals surface area contributed by atoms with Gasteiger partial charge in [-0.2, -0.15) is 0 Å². The quantitative estimate of drug-likeness (QED) is 0.902. The number of rotatable bonds is 4. The predicted octanol–water partition coefficient (Wildman–Crippen LogP) is 2.52. The molecule has 1 aliphatic rings. The van der Waals surface area contributed by atoms with Gasteiger partial charge in [-0.05, 0) is 58.9 Å². The van der Waals surface area contributed by atoms with Gasteiger partial charge in [0.15, 0.2) is 0 Å².